The standard InChI is InChI=1S/C17H20N2OS/c1-13(17(20)18-11-16-7-4-10-21-16)19-9-8-14-5-2-3-6-15(14)12-19/h2-7,10,13H,8-9,11-12H2,1H3,(H,18,20)/t13-/m0/s1. The van der Waals surface area contributed by atoms with Crippen molar-refractivity contribution in [3.8, 4) is 0 Å². The number of thiophene rings is 1. The number of nitrogens with zero attached hydrogens (tertiary/aromatic N) is 1. The fourth-order valence-electron chi connectivity index (χ4n) is 2.75. The molecule has 0 saturated carbocycles. The third-order valence-corrected chi connectivity index (χ3v) is 4.98. The number of carbonyl (C=O) groups excluding carboxylic acids is 1. The molecular weight excluding hydrogens is 280 g/mol. The number of benzene rings is 1. The Bertz CT molecular complexity index is 609. The molecule has 2 heterocycles. The summed E-state index contributed by atoms with van der Waals surface area (Å²) in [4.78, 5) is 15.8. The quantitative estimate of drug-likeness (QED) is 0.941. The zero-order chi connectivity index (χ0) is 14.7. The van der Waals surface area contributed by atoms with Crippen molar-refractivity contribution in [1.82, 2.24) is 10.2 Å². The highest BCUT2D eigenvalue weighted by Gasteiger charge is 2.24. The van der Waals surface area contributed by atoms with Crippen LogP contribution in [0.15, 0.2) is 41.8 Å². The molecule has 3 rings (SSSR count). The molecule has 1 aliphatic rings. The summed E-state index contributed by atoms with van der Waals surface area (Å²) in [7, 11) is 0. The van der Waals surface area contributed by atoms with Gasteiger partial charge in [0.05, 0.1) is 12.6 Å². The molecule has 0 saturated heterocycles. The zero-order valence-corrected chi connectivity index (χ0v) is 13.0. The molecule has 0 unspecified atom stereocenters. The second-order valence-electron chi connectivity index (χ2n) is 5.46. The van der Waals surface area contributed by atoms with Crippen molar-refractivity contribution >= 4 is 17.2 Å². The topological polar surface area (TPSA) is 32.3 Å². The number of hydrogen-bond donors (Lipinski definition) is 1. The van der Waals surface area contributed by atoms with Crippen molar-refractivity contribution in [3.05, 3.63) is 57.8 Å². The van der Waals surface area contributed by atoms with Gasteiger partial charge in [0.1, 0.15) is 0 Å². The smallest absolute Gasteiger partial charge is 0.237 e. The molecule has 0 radical (unpaired) electrons. The predicted octanol–water partition coefficient (Wildman–Crippen LogP) is 2.81. The average Bonchev–Trinajstić information content (AvgIpc) is 3.05. The Hall–Kier alpha value is -1.65. The Labute approximate surface area is 129 Å². The van der Waals surface area contributed by atoms with Crippen molar-refractivity contribution < 1.29 is 4.79 Å². The number of hydrogen-bond acceptors (Lipinski definition) is 3. The monoisotopic (exact) mass is 300 g/mol. The van der Waals surface area contributed by atoms with Gasteiger partial charge in [-0.3, -0.25) is 9.69 Å². The molecule has 1 atom stereocenters. The van der Waals surface area contributed by atoms with Crippen LogP contribution in [0.25, 0.3) is 0 Å². The summed E-state index contributed by atoms with van der Waals surface area (Å²) in [6, 6.07) is 12.5. The third kappa shape index (κ3) is 3.34. The molecule has 110 valence electrons. The second kappa shape index (κ2) is 6.41. The van der Waals surface area contributed by atoms with Gasteiger partial charge in [0.15, 0.2) is 0 Å². The van der Waals surface area contributed by atoms with Gasteiger partial charge in [-0.25, -0.2) is 0 Å². The molecule has 4 heteroatoms. The highest BCUT2D eigenvalue weighted by molar-refractivity contribution is 7.09. The molecule has 0 spiro atoms. The Morgan fingerprint density at radius 2 is 2.10 bits per heavy atom. The minimum atomic E-state index is -0.0849. The lowest BCUT2D eigenvalue weighted by Gasteiger charge is -2.32. The first-order valence-corrected chi connectivity index (χ1v) is 8.23. The summed E-state index contributed by atoms with van der Waals surface area (Å²) >= 11 is 1.67. The first-order chi connectivity index (χ1) is 10.2. The molecule has 0 bridgehead atoms. The molecule has 21 heavy (non-hydrogen) atoms. The SMILES string of the molecule is C[C@@H](C(=O)NCc1cccs1)N1CCc2ccccc2C1. The lowest BCUT2D eigenvalue weighted by atomic mass is 9.99. The number of carbonyl (C=O) groups is 1. The summed E-state index contributed by atoms with van der Waals surface area (Å²) in [6.45, 7) is 4.44. The van der Waals surface area contributed by atoms with Gasteiger partial charge >= 0.3 is 0 Å². The van der Waals surface area contributed by atoms with Gasteiger partial charge in [-0.2, -0.15) is 0 Å². The van der Waals surface area contributed by atoms with Crippen LogP contribution in [0.1, 0.15) is 22.9 Å². The number of fused-ring (bicyclic) bond motifs is 1. The Kier molecular flexibility index (Phi) is 4.36. The van der Waals surface area contributed by atoms with Crippen LogP contribution < -0.4 is 5.32 Å². The van der Waals surface area contributed by atoms with Crippen LogP contribution in [0.3, 0.4) is 0 Å². The van der Waals surface area contributed by atoms with Crippen LogP contribution in [0, 0.1) is 0 Å². The van der Waals surface area contributed by atoms with Gasteiger partial charge in [0.25, 0.3) is 0 Å². The van der Waals surface area contributed by atoms with Crippen LogP contribution in [0.5, 0.6) is 0 Å². The van der Waals surface area contributed by atoms with E-state index in [1.165, 1.54) is 16.0 Å². The highest BCUT2D eigenvalue weighted by atomic mass is 32.1. The molecule has 2 aromatic rings. The predicted molar refractivity (Wildman–Crippen MR) is 86.2 cm³/mol. The van der Waals surface area contributed by atoms with Crippen molar-refractivity contribution in [3.63, 3.8) is 0 Å². The number of amides is 1. The van der Waals surface area contributed by atoms with Gasteiger partial charge in [-0.1, -0.05) is 30.3 Å². The lowest BCUT2D eigenvalue weighted by molar-refractivity contribution is -0.126. The Morgan fingerprint density at radius 1 is 1.29 bits per heavy atom. The van der Waals surface area contributed by atoms with E-state index in [2.05, 4.69) is 34.5 Å². The first kappa shape index (κ1) is 14.3. The van der Waals surface area contributed by atoms with E-state index in [1.807, 2.05) is 24.4 Å². The fraction of sp³-hybridized carbons (Fsp3) is 0.353. The van der Waals surface area contributed by atoms with Gasteiger partial charge < -0.3 is 5.32 Å². The van der Waals surface area contributed by atoms with E-state index in [0.717, 1.165) is 19.5 Å². The van der Waals surface area contributed by atoms with Crippen LogP contribution in [0.2, 0.25) is 0 Å². The molecule has 3 nitrogen and oxygen atoms in total. The van der Waals surface area contributed by atoms with Gasteiger partial charge in [0.2, 0.25) is 5.91 Å². The summed E-state index contributed by atoms with van der Waals surface area (Å²) < 4.78 is 0. The van der Waals surface area contributed by atoms with E-state index < -0.39 is 0 Å². The molecule has 1 aromatic heterocycles. The molecule has 1 aliphatic heterocycles. The van der Waals surface area contributed by atoms with Gasteiger partial charge in [-0.05, 0) is 35.9 Å². The van der Waals surface area contributed by atoms with Crippen molar-refractivity contribution in [2.24, 2.45) is 0 Å². The van der Waals surface area contributed by atoms with Crippen molar-refractivity contribution in [2.45, 2.75) is 32.5 Å². The van der Waals surface area contributed by atoms with Crippen LogP contribution in [-0.4, -0.2) is 23.4 Å². The molecular formula is C17H20N2OS. The molecule has 0 aliphatic carbocycles. The largest absolute Gasteiger partial charge is 0.350 e. The minimum Gasteiger partial charge on any atom is -0.350 e. The Balaban J connectivity index is 1.58. The van der Waals surface area contributed by atoms with E-state index in [1.54, 1.807) is 11.3 Å². The summed E-state index contributed by atoms with van der Waals surface area (Å²) in [6.07, 6.45) is 1.03. The summed E-state index contributed by atoms with van der Waals surface area (Å²) in [5, 5.41) is 5.07. The van der Waals surface area contributed by atoms with Crippen molar-refractivity contribution in [2.75, 3.05) is 6.54 Å². The second-order valence-corrected chi connectivity index (χ2v) is 6.49. The Morgan fingerprint density at radius 3 is 2.86 bits per heavy atom. The molecule has 1 amide bonds. The number of rotatable bonds is 4. The zero-order valence-electron chi connectivity index (χ0n) is 12.2. The summed E-state index contributed by atoms with van der Waals surface area (Å²) in [5.74, 6) is 0.114. The van der Waals surface area contributed by atoms with Crippen molar-refractivity contribution in [1.29, 1.82) is 0 Å². The van der Waals surface area contributed by atoms with E-state index in [4.69, 9.17) is 0 Å². The van der Waals surface area contributed by atoms with Gasteiger partial charge in [0, 0.05) is 18.0 Å². The molecule has 0 fully saturated rings. The summed E-state index contributed by atoms with van der Waals surface area (Å²) in [5.41, 5.74) is 2.77. The fourth-order valence-corrected chi connectivity index (χ4v) is 3.39. The van der Waals surface area contributed by atoms with Crippen LogP contribution in [0.4, 0.5) is 0 Å². The van der Waals surface area contributed by atoms with E-state index in [-0.39, 0.29) is 11.9 Å². The molecule has 1 aromatic carbocycles. The lowest BCUT2D eigenvalue weighted by Crippen LogP contribution is -2.46. The number of nitrogens with one attached hydrogen (secondary N) is 1. The van der Waals surface area contributed by atoms with Crippen LogP contribution >= 0.6 is 11.3 Å². The maximum absolute atomic E-state index is 12.3. The van der Waals surface area contributed by atoms with E-state index in [0.29, 0.717) is 6.54 Å². The normalized spacial score (nSPS) is 16.2. The third-order valence-electron chi connectivity index (χ3n) is 4.10. The van der Waals surface area contributed by atoms with E-state index in [9.17, 15) is 4.79 Å². The highest BCUT2D eigenvalue weighted by Crippen LogP contribution is 2.20. The van der Waals surface area contributed by atoms with Crippen LogP contribution in [-0.2, 0) is 24.3 Å². The first-order valence-electron chi connectivity index (χ1n) is 7.35. The average molecular weight is 300 g/mol. The van der Waals surface area contributed by atoms with Gasteiger partial charge in [-0.15, -0.1) is 11.3 Å². The maximum atomic E-state index is 12.3. The minimum absolute atomic E-state index is 0.0849. The molecule has 1 N–H and O–H groups in total. The maximum Gasteiger partial charge on any atom is 0.237 e. The van der Waals surface area contributed by atoms with E-state index >= 15 is 0 Å².